The lowest BCUT2D eigenvalue weighted by molar-refractivity contribution is 0.959. The molecule has 1 aliphatic heterocycles. The number of hydrogen-bond acceptors (Lipinski definition) is 2. The van der Waals surface area contributed by atoms with E-state index in [9.17, 15) is 0 Å². The highest BCUT2D eigenvalue weighted by atomic mass is 32.2. The van der Waals surface area contributed by atoms with E-state index in [2.05, 4.69) is 31.7 Å². The zero-order chi connectivity index (χ0) is 7.40. The van der Waals surface area contributed by atoms with Crippen LogP contribution in [0.15, 0.2) is 11.0 Å². The molecule has 1 fully saturated rings. The number of thioether (sulfide) groups is 2. The summed E-state index contributed by atoms with van der Waals surface area (Å²) < 4.78 is 0. The summed E-state index contributed by atoms with van der Waals surface area (Å²) in [6.07, 6.45) is 3.56. The molecule has 0 aliphatic carbocycles. The smallest absolute Gasteiger partial charge is 0.0351 e. The van der Waals surface area contributed by atoms with Gasteiger partial charge in [-0.05, 0) is 18.2 Å². The van der Waals surface area contributed by atoms with Crippen LogP contribution < -0.4 is 0 Å². The van der Waals surface area contributed by atoms with Crippen molar-refractivity contribution >= 4 is 23.5 Å². The van der Waals surface area contributed by atoms with Gasteiger partial charge in [-0.1, -0.05) is 13.0 Å². The molecule has 0 radical (unpaired) electrons. The SMILES string of the molecule is C/C=C1/SCCSC1CC. The van der Waals surface area contributed by atoms with E-state index in [1.54, 1.807) is 4.91 Å². The molecular weight excluding hydrogens is 160 g/mol. The predicted octanol–water partition coefficient (Wildman–Crippen LogP) is 3.15. The van der Waals surface area contributed by atoms with Crippen LogP contribution in [0.25, 0.3) is 0 Å². The predicted molar refractivity (Wildman–Crippen MR) is 52.8 cm³/mol. The van der Waals surface area contributed by atoms with Crippen LogP contribution in [0, 0.1) is 0 Å². The second-order valence-electron chi connectivity index (χ2n) is 2.31. The highest BCUT2D eigenvalue weighted by Gasteiger charge is 2.16. The maximum Gasteiger partial charge on any atom is 0.0351 e. The first kappa shape index (κ1) is 8.54. The minimum atomic E-state index is 0.809. The van der Waals surface area contributed by atoms with Gasteiger partial charge in [-0.3, -0.25) is 0 Å². The van der Waals surface area contributed by atoms with Gasteiger partial charge in [-0.15, -0.1) is 11.8 Å². The molecule has 1 saturated heterocycles. The van der Waals surface area contributed by atoms with Crippen molar-refractivity contribution in [2.75, 3.05) is 11.5 Å². The lowest BCUT2D eigenvalue weighted by Crippen LogP contribution is -2.10. The third kappa shape index (κ3) is 1.96. The largest absolute Gasteiger partial charge is 0.152 e. The Morgan fingerprint density at radius 2 is 2.40 bits per heavy atom. The molecule has 10 heavy (non-hydrogen) atoms. The molecule has 0 N–H and O–H groups in total. The third-order valence-corrected chi connectivity index (χ3v) is 4.74. The summed E-state index contributed by atoms with van der Waals surface area (Å²) in [5.74, 6) is 2.64. The second kappa shape index (κ2) is 4.35. The van der Waals surface area contributed by atoms with Crippen LogP contribution in [0.3, 0.4) is 0 Å². The molecule has 0 nitrogen and oxygen atoms in total. The fourth-order valence-corrected chi connectivity index (χ4v) is 3.82. The van der Waals surface area contributed by atoms with Crippen molar-refractivity contribution in [2.45, 2.75) is 25.5 Å². The quantitative estimate of drug-likeness (QED) is 0.599. The topological polar surface area (TPSA) is 0 Å². The zero-order valence-electron chi connectivity index (χ0n) is 6.59. The Morgan fingerprint density at radius 1 is 1.60 bits per heavy atom. The van der Waals surface area contributed by atoms with Gasteiger partial charge in [0.15, 0.2) is 0 Å². The molecular formula is C8H14S2. The van der Waals surface area contributed by atoms with Crippen LogP contribution in [-0.2, 0) is 0 Å². The highest BCUT2D eigenvalue weighted by molar-refractivity contribution is 8.09. The molecule has 0 amide bonds. The summed E-state index contributed by atoms with van der Waals surface area (Å²) in [5, 5.41) is 0.809. The summed E-state index contributed by atoms with van der Waals surface area (Å²) in [6, 6.07) is 0. The minimum absolute atomic E-state index is 0.809. The Balaban J connectivity index is 2.50. The summed E-state index contributed by atoms with van der Waals surface area (Å²) in [4.78, 5) is 1.60. The van der Waals surface area contributed by atoms with Gasteiger partial charge in [0.05, 0.1) is 0 Å². The van der Waals surface area contributed by atoms with Crippen molar-refractivity contribution in [3.8, 4) is 0 Å². The zero-order valence-corrected chi connectivity index (χ0v) is 8.23. The monoisotopic (exact) mass is 174 g/mol. The Hall–Kier alpha value is 0.440. The van der Waals surface area contributed by atoms with Gasteiger partial charge in [-0.25, -0.2) is 0 Å². The van der Waals surface area contributed by atoms with E-state index in [0.29, 0.717) is 0 Å². The molecule has 2 heteroatoms. The average Bonchev–Trinajstić information content (AvgIpc) is 2.04. The number of rotatable bonds is 1. The van der Waals surface area contributed by atoms with Crippen molar-refractivity contribution in [3.05, 3.63) is 11.0 Å². The van der Waals surface area contributed by atoms with E-state index < -0.39 is 0 Å². The lowest BCUT2D eigenvalue weighted by Gasteiger charge is -2.22. The summed E-state index contributed by atoms with van der Waals surface area (Å²) in [6.45, 7) is 4.42. The molecule has 1 heterocycles. The van der Waals surface area contributed by atoms with Crippen LogP contribution in [0.4, 0.5) is 0 Å². The molecule has 0 spiro atoms. The molecule has 1 rings (SSSR count). The standard InChI is InChI=1S/C8H14S2/c1-3-7-8(4-2)10-6-5-9-7/h3,8H,4-6H2,1-2H3/b7-3+. The van der Waals surface area contributed by atoms with Crippen molar-refractivity contribution in [1.82, 2.24) is 0 Å². The van der Waals surface area contributed by atoms with Crippen molar-refractivity contribution in [3.63, 3.8) is 0 Å². The van der Waals surface area contributed by atoms with Gasteiger partial charge in [0, 0.05) is 16.8 Å². The molecule has 58 valence electrons. The van der Waals surface area contributed by atoms with Gasteiger partial charge in [0.2, 0.25) is 0 Å². The van der Waals surface area contributed by atoms with Gasteiger partial charge >= 0.3 is 0 Å². The Labute approximate surface area is 71.8 Å². The molecule has 1 unspecified atom stereocenters. The van der Waals surface area contributed by atoms with Crippen LogP contribution in [-0.4, -0.2) is 16.8 Å². The summed E-state index contributed by atoms with van der Waals surface area (Å²) in [7, 11) is 0. The van der Waals surface area contributed by atoms with E-state index in [1.165, 1.54) is 17.9 Å². The van der Waals surface area contributed by atoms with E-state index in [4.69, 9.17) is 0 Å². The third-order valence-electron chi connectivity index (χ3n) is 1.64. The van der Waals surface area contributed by atoms with Gasteiger partial charge in [0.1, 0.15) is 0 Å². The van der Waals surface area contributed by atoms with Crippen molar-refractivity contribution in [1.29, 1.82) is 0 Å². The number of allylic oxidation sites excluding steroid dienone is 1. The first-order chi connectivity index (χ1) is 4.88. The Morgan fingerprint density at radius 3 is 2.90 bits per heavy atom. The Bertz CT molecular complexity index is 129. The maximum absolute atomic E-state index is 2.27. The van der Waals surface area contributed by atoms with Crippen LogP contribution in [0.5, 0.6) is 0 Å². The molecule has 0 aromatic carbocycles. The van der Waals surface area contributed by atoms with Crippen LogP contribution in [0.2, 0.25) is 0 Å². The molecule has 1 atom stereocenters. The van der Waals surface area contributed by atoms with Crippen LogP contribution >= 0.6 is 23.5 Å². The summed E-state index contributed by atoms with van der Waals surface area (Å²) >= 11 is 4.14. The summed E-state index contributed by atoms with van der Waals surface area (Å²) in [5.41, 5.74) is 0. The minimum Gasteiger partial charge on any atom is -0.152 e. The molecule has 0 aromatic heterocycles. The lowest BCUT2D eigenvalue weighted by atomic mass is 10.3. The highest BCUT2D eigenvalue weighted by Crippen LogP contribution is 2.35. The van der Waals surface area contributed by atoms with E-state index in [1.807, 2.05) is 11.8 Å². The molecule has 0 saturated carbocycles. The average molecular weight is 174 g/mol. The molecule has 0 aromatic rings. The van der Waals surface area contributed by atoms with E-state index >= 15 is 0 Å². The number of hydrogen-bond donors (Lipinski definition) is 0. The first-order valence-electron chi connectivity index (χ1n) is 3.79. The van der Waals surface area contributed by atoms with Crippen LogP contribution in [0.1, 0.15) is 20.3 Å². The van der Waals surface area contributed by atoms with E-state index in [0.717, 1.165) is 5.25 Å². The van der Waals surface area contributed by atoms with Gasteiger partial charge in [0.25, 0.3) is 0 Å². The molecule has 1 aliphatic rings. The normalized spacial score (nSPS) is 31.0. The second-order valence-corrected chi connectivity index (χ2v) is 4.79. The fourth-order valence-electron chi connectivity index (χ4n) is 1.11. The van der Waals surface area contributed by atoms with Gasteiger partial charge < -0.3 is 0 Å². The van der Waals surface area contributed by atoms with Gasteiger partial charge in [-0.2, -0.15) is 11.8 Å². The maximum atomic E-state index is 2.27. The molecule has 0 bridgehead atoms. The fraction of sp³-hybridized carbons (Fsp3) is 0.750. The first-order valence-corrected chi connectivity index (χ1v) is 5.82. The van der Waals surface area contributed by atoms with Crippen molar-refractivity contribution in [2.24, 2.45) is 0 Å². The Kier molecular flexibility index (Phi) is 3.71. The van der Waals surface area contributed by atoms with E-state index in [-0.39, 0.29) is 0 Å². The van der Waals surface area contributed by atoms with Crippen molar-refractivity contribution < 1.29 is 0 Å².